The van der Waals surface area contributed by atoms with Crippen LogP contribution in [0.5, 0.6) is 5.75 Å². The molecule has 0 aliphatic rings. The highest BCUT2D eigenvalue weighted by Gasteiger charge is 2.43. The van der Waals surface area contributed by atoms with E-state index in [4.69, 9.17) is 4.74 Å². The van der Waals surface area contributed by atoms with Gasteiger partial charge < -0.3 is 25.4 Å². The van der Waals surface area contributed by atoms with Crippen molar-refractivity contribution >= 4 is 23.6 Å². The third kappa shape index (κ3) is 8.62. The van der Waals surface area contributed by atoms with Crippen molar-refractivity contribution in [3.8, 4) is 5.75 Å². The van der Waals surface area contributed by atoms with Gasteiger partial charge >= 0.3 is 6.09 Å². The summed E-state index contributed by atoms with van der Waals surface area (Å²) in [6.07, 6.45) is -0.0830. The molecule has 236 valence electrons. The maximum atomic E-state index is 14.9. The fourth-order valence-electron chi connectivity index (χ4n) is 5.13. The Bertz CT molecular complexity index is 1450. The Balaban J connectivity index is 2.18. The van der Waals surface area contributed by atoms with Gasteiger partial charge in [-0.1, -0.05) is 61.5 Å². The van der Waals surface area contributed by atoms with Crippen molar-refractivity contribution in [2.24, 2.45) is 0 Å². The molecule has 0 heterocycles. The average molecular weight is 602 g/mol. The van der Waals surface area contributed by atoms with Crippen molar-refractivity contribution in [3.05, 3.63) is 94.5 Å². The highest BCUT2D eigenvalue weighted by Crippen LogP contribution is 2.35. The van der Waals surface area contributed by atoms with Crippen LogP contribution in [0.2, 0.25) is 0 Å². The molecule has 0 saturated heterocycles. The first kappa shape index (κ1) is 34.2. The van der Waals surface area contributed by atoms with Gasteiger partial charge in [0.25, 0.3) is 5.91 Å². The van der Waals surface area contributed by atoms with Gasteiger partial charge in [-0.05, 0) is 102 Å². The summed E-state index contributed by atoms with van der Waals surface area (Å²) < 4.78 is 5.54. The lowest BCUT2D eigenvalue weighted by atomic mass is 9.89. The molecule has 0 saturated carbocycles. The first-order valence-corrected chi connectivity index (χ1v) is 15.1. The molecule has 3 rings (SSSR count). The van der Waals surface area contributed by atoms with Crippen LogP contribution in [0.15, 0.2) is 66.7 Å². The largest absolute Gasteiger partial charge is 0.508 e. The average Bonchev–Trinajstić information content (AvgIpc) is 2.93. The minimum atomic E-state index is -1.07. The summed E-state index contributed by atoms with van der Waals surface area (Å²) in [5, 5.41) is 15.8. The lowest BCUT2D eigenvalue weighted by Crippen LogP contribution is -2.59. The molecule has 0 spiro atoms. The van der Waals surface area contributed by atoms with Gasteiger partial charge in [-0.15, -0.1) is 0 Å². The zero-order valence-electron chi connectivity index (χ0n) is 27.4. The van der Waals surface area contributed by atoms with Crippen LogP contribution in [0.4, 0.5) is 10.5 Å². The molecule has 2 atom stereocenters. The number of nitrogens with zero attached hydrogens (tertiary/aromatic N) is 1. The summed E-state index contributed by atoms with van der Waals surface area (Å²) in [6, 6.07) is 17.7. The van der Waals surface area contributed by atoms with E-state index in [-0.39, 0.29) is 18.1 Å². The van der Waals surface area contributed by atoms with E-state index in [1.54, 1.807) is 37.8 Å². The first-order chi connectivity index (χ1) is 20.5. The molecule has 3 aromatic rings. The van der Waals surface area contributed by atoms with Crippen molar-refractivity contribution in [3.63, 3.8) is 0 Å². The third-order valence-corrected chi connectivity index (χ3v) is 7.84. The molecule has 2 unspecified atom stereocenters. The van der Waals surface area contributed by atoms with Gasteiger partial charge in [-0.3, -0.25) is 9.59 Å². The van der Waals surface area contributed by atoms with Crippen LogP contribution in [0, 0.1) is 20.8 Å². The number of anilines is 1. The molecule has 0 aromatic heterocycles. The monoisotopic (exact) mass is 601 g/mol. The number of hydrogen-bond acceptors (Lipinski definition) is 5. The van der Waals surface area contributed by atoms with E-state index in [0.29, 0.717) is 17.7 Å². The van der Waals surface area contributed by atoms with E-state index in [0.717, 1.165) is 22.3 Å². The topological polar surface area (TPSA) is 108 Å². The van der Waals surface area contributed by atoms with E-state index < -0.39 is 35.2 Å². The number of phenolic OH excluding ortho intramolecular Hbond substituents is 1. The lowest BCUT2D eigenvalue weighted by molar-refractivity contribution is -0.147. The van der Waals surface area contributed by atoms with E-state index in [2.05, 4.69) is 10.6 Å². The van der Waals surface area contributed by atoms with E-state index in [9.17, 15) is 19.5 Å². The van der Waals surface area contributed by atoms with Crippen LogP contribution >= 0.6 is 0 Å². The fourth-order valence-corrected chi connectivity index (χ4v) is 5.13. The molecule has 3 aromatic carbocycles. The Labute approximate surface area is 261 Å². The fraction of sp³-hybridized carbons (Fsp3) is 0.417. The van der Waals surface area contributed by atoms with Gasteiger partial charge in [-0.25, -0.2) is 4.79 Å². The maximum absolute atomic E-state index is 14.9. The zero-order valence-corrected chi connectivity index (χ0v) is 27.4. The van der Waals surface area contributed by atoms with Gasteiger partial charge in [0.1, 0.15) is 23.4 Å². The van der Waals surface area contributed by atoms with Gasteiger partial charge in [-0.2, -0.15) is 0 Å². The summed E-state index contributed by atoms with van der Waals surface area (Å²) >= 11 is 0. The Hall–Kier alpha value is -4.33. The second kappa shape index (κ2) is 14.0. The van der Waals surface area contributed by atoms with Crippen molar-refractivity contribution in [1.82, 2.24) is 10.2 Å². The Kier molecular flexibility index (Phi) is 10.8. The smallest absolute Gasteiger partial charge is 0.408 e. The Morgan fingerprint density at radius 2 is 1.41 bits per heavy atom. The van der Waals surface area contributed by atoms with Crippen LogP contribution in [0.1, 0.15) is 81.8 Å². The molecular formula is C36H47N3O5. The predicted molar refractivity (Wildman–Crippen MR) is 175 cm³/mol. The Morgan fingerprint density at radius 3 is 1.95 bits per heavy atom. The van der Waals surface area contributed by atoms with E-state index in [1.807, 2.05) is 84.0 Å². The molecule has 0 bridgehead atoms. The number of benzene rings is 3. The molecule has 3 amide bonds. The van der Waals surface area contributed by atoms with Gasteiger partial charge in [0.2, 0.25) is 5.91 Å². The quantitative estimate of drug-likeness (QED) is 0.229. The van der Waals surface area contributed by atoms with Crippen LogP contribution in [-0.2, 0) is 20.7 Å². The van der Waals surface area contributed by atoms with Crippen molar-refractivity contribution < 1.29 is 24.2 Å². The number of carbonyl (C=O) groups excluding carboxylic acids is 3. The number of nitrogens with one attached hydrogen (secondary N) is 2. The highest BCUT2D eigenvalue weighted by atomic mass is 16.6. The highest BCUT2D eigenvalue weighted by molar-refractivity contribution is 6.00. The minimum Gasteiger partial charge on any atom is -0.508 e. The zero-order chi connectivity index (χ0) is 32.8. The number of ether oxygens (including phenoxy) is 1. The van der Waals surface area contributed by atoms with Crippen LogP contribution in [-0.4, -0.2) is 45.1 Å². The van der Waals surface area contributed by atoms with Gasteiger partial charge in [0, 0.05) is 17.6 Å². The molecular weight excluding hydrogens is 554 g/mol. The number of amides is 3. The number of rotatable bonds is 10. The number of alkyl carbamates (subject to hydrolysis) is 1. The summed E-state index contributed by atoms with van der Waals surface area (Å²) in [7, 11) is 0. The molecule has 3 N–H and O–H groups in total. The second-order valence-corrected chi connectivity index (χ2v) is 13.0. The molecule has 8 nitrogen and oxygen atoms in total. The minimum absolute atomic E-state index is 0.0910. The number of aromatic hydroxyl groups is 1. The molecule has 0 aliphatic carbocycles. The number of carbonyl (C=O) groups is 3. The standard InChI is InChI=1S/C36H47N3O5/c1-10-36(8,9)39(33(42)29(37-34(43)44-35(5,6)7)22-26-18-20-27(40)21-19-26)31(28-17-12-11-14-23(28)2)32(41)38-30-24(3)15-13-16-25(30)4/h11-21,29,31,40H,10,22H2,1-9H3,(H,37,43)(H,38,41). The normalized spacial score (nSPS) is 13.0. The van der Waals surface area contributed by atoms with Crippen LogP contribution in [0.3, 0.4) is 0 Å². The van der Waals surface area contributed by atoms with Crippen molar-refractivity contribution in [2.45, 2.75) is 98.4 Å². The van der Waals surface area contributed by atoms with Crippen molar-refractivity contribution in [2.75, 3.05) is 5.32 Å². The molecule has 44 heavy (non-hydrogen) atoms. The van der Waals surface area contributed by atoms with Crippen LogP contribution < -0.4 is 10.6 Å². The predicted octanol–water partition coefficient (Wildman–Crippen LogP) is 7.15. The van der Waals surface area contributed by atoms with Gasteiger partial charge in [0.05, 0.1) is 0 Å². The number of phenols is 1. The molecule has 0 radical (unpaired) electrons. The summed E-state index contributed by atoms with van der Waals surface area (Å²) in [4.78, 5) is 44.0. The SMILES string of the molecule is CCC(C)(C)N(C(=O)C(Cc1ccc(O)cc1)NC(=O)OC(C)(C)C)C(C(=O)Nc1c(C)cccc1C)c1ccccc1C. The van der Waals surface area contributed by atoms with E-state index >= 15 is 0 Å². The number of para-hydroxylation sites is 1. The summed E-state index contributed by atoms with van der Waals surface area (Å²) in [5.41, 5.74) is 3.20. The maximum Gasteiger partial charge on any atom is 0.408 e. The second-order valence-electron chi connectivity index (χ2n) is 13.0. The molecule has 0 fully saturated rings. The van der Waals surface area contributed by atoms with Crippen molar-refractivity contribution in [1.29, 1.82) is 0 Å². The molecule has 8 heteroatoms. The number of hydrogen-bond donors (Lipinski definition) is 3. The number of aryl methyl sites for hydroxylation is 3. The van der Waals surface area contributed by atoms with Gasteiger partial charge in [0.15, 0.2) is 0 Å². The first-order valence-electron chi connectivity index (χ1n) is 15.1. The summed E-state index contributed by atoms with van der Waals surface area (Å²) in [6.45, 7) is 16.9. The summed E-state index contributed by atoms with van der Waals surface area (Å²) in [5.74, 6) is -0.693. The van der Waals surface area contributed by atoms with Crippen LogP contribution in [0.25, 0.3) is 0 Å². The Morgan fingerprint density at radius 1 is 0.841 bits per heavy atom. The molecule has 0 aliphatic heterocycles. The lowest BCUT2D eigenvalue weighted by Gasteiger charge is -2.45. The van der Waals surface area contributed by atoms with E-state index in [1.165, 1.54) is 12.1 Å². The third-order valence-electron chi connectivity index (χ3n) is 7.84.